The molecule has 0 amide bonds. The predicted molar refractivity (Wildman–Crippen MR) is 65.7 cm³/mol. The number of hydrogen-bond acceptors (Lipinski definition) is 1. The Bertz CT molecular complexity index is 361. The summed E-state index contributed by atoms with van der Waals surface area (Å²) in [5, 5.41) is 3.01. The van der Waals surface area contributed by atoms with E-state index in [9.17, 15) is 8.78 Å². The van der Waals surface area contributed by atoms with E-state index in [1.807, 2.05) is 20.8 Å². The van der Waals surface area contributed by atoms with Crippen LogP contribution in [0.15, 0.2) is 22.7 Å². The summed E-state index contributed by atoms with van der Waals surface area (Å²) in [6, 6.07) is 4.66. The quantitative estimate of drug-likeness (QED) is 0.888. The molecule has 1 aromatic carbocycles. The molecule has 1 N–H and O–H groups in total. The Balaban J connectivity index is 2.73. The van der Waals surface area contributed by atoms with Crippen LogP contribution < -0.4 is 5.32 Å². The van der Waals surface area contributed by atoms with Gasteiger partial charge in [-0.2, -0.15) is 0 Å². The van der Waals surface area contributed by atoms with Gasteiger partial charge in [-0.3, -0.25) is 0 Å². The number of alkyl halides is 1. The molecule has 4 heteroatoms. The smallest absolute Gasteiger partial charge is 0.143 e. The largest absolute Gasteiger partial charge is 0.309 e. The number of hydrogen-bond donors (Lipinski definition) is 1. The van der Waals surface area contributed by atoms with Gasteiger partial charge in [-0.15, -0.1) is 0 Å². The van der Waals surface area contributed by atoms with Crippen molar-refractivity contribution < 1.29 is 8.78 Å². The Morgan fingerprint density at radius 2 is 2.00 bits per heavy atom. The van der Waals surface area contributed by atoms with Gasteiger partial charge >= 0.3 is 0 Å². The fourth-order valence-electron chi connectivity index (χ4n) is 1.27. The lowest BCUT2D eigenvalue weighted by Crippen LogP contribution is -2.38. The lowest BCUT2D eigenvalue weighted by atomic mass is 10.1. The zero-order valence-electron chi connectivity index (χ0n) is 9.65. The maximum Gasteiger partial charge on any atom is 0.143 e. The number of nitrogens with one attached hydrogen (secondary N) is 1. The van der Waals surface area contributed by atoms with Gasteiger partial charge in [0, 0.05) is 17.6 Å². The molecule has 16 heavy (non-hydrogen) atoms. The van der Waals surface area contributed by atoms with E-state index in [1.165, 1.54) is 6.07 Å². The highest BCUT2D eigenvalue weighted by Crippen LogP contribution is 2.25. The monoisotopic (exact) mass is 291 g/mol. The van der Waals surface area contributed by atoms with Crippen LogP contribution in [-0.4, -0.2) is 12.1 Å². The van der Waals surface area contributed by atoms with Crippen LogP contribution in [0.25, 0.3) is 0 Å². The van der Waals surface area contributed by atoms with E-state index in [4.69, 9.17) is 0 Å². The molecular formula is C12H16BrF2N. The van der Waals surface area contributed by atoms with Crippen LogP contribution in [0, 0.1) is 5.82 Å². The first kappa shape index (κ1) is 13.6. The van der Waals surface area contributed by atoms with Crippen molar-refractivity contribution in [3.8, 4) is 0 Å². The summed E-state index contributed by atoms with van der Waals surface area (Å²) >= 11 is 3.04. The summed E-state index contributed by atoms with van der Waals surface area (Å²) in [6.07, 6.45) is -1.34. The van der Waals surface area contributed by atoms with Crippen molar-refractivity contribution in [3.63, 3.8) is 0 Å². The number of halogens is 3. The highest BCUT2D eigenvalue weighted by molar-refractivity contribution is 9.10. The third-order valence-corrected chi connectivity index (χ3v) is 2.74. The Hall–Kier alpha value is -0.480. The normalized spacial score (nSPS) is 13.9. The van der Waals surface area contributed by atoms with Crippen molar-refractivity contribution in [1.29, 1.82) is 0 Å². The van der Waals surface area contributed by atoms with Gasteiger partial charge in [0.1, 0.15) is 12.0 Å². The van der Waals surface area contributed by atoms with E-state index in [2.05, 4.69) is 21.2 Å². The average molecular weight is 292 g/mol. The Kier molecular flexibility index (Phi) is 4.44. The number of rotatable bonds is 3. The average Bonchev–Trinajstić information content (AvgIpc) is 2.17. The fourth-order valence-corrected chi connectivity index (χ4v) is 1.65. The Morgan fingerprint density at radius 3 is 2.56 bits per heavy atom. The van der Waals surface area contributed by atoms with Gasteiger partial charge in [0.2, 0.25) is 0 Å². The summed E-state index contributed by atoms with van der Waals surface area (Å²) in [5.41, 5.74) is -0.0848. The van der Waals surface area contributed by atoms with Gasteiger partial charge in [-0.1, -0.05) is 12.1 Å². The summed E-state index contributed by atoms with van der Waals surface area (Å²) in [6.45, 7) is 5.93. The molecule has 0 fully saturated rings. The second kappa shape index (κ2) is 5.23. The molecule has 1 unspecified atom stereocenters. The van der Waals surface area contributed by atoms with E-state index in [0.29, 0.717) is 4.47 Å². The van der Waals surface area contributed by atoms with Gasteiger partial charge in [0.05, 0.1) is 4.47 Å². The molecule has 0 aromatic heterocycles. The van der Waals surface area contributed by atoms with Gasteiger partial charge in [-0.25, -0.2) is 8.78 Å². The van der Waals surface area contributed by atoms with Crippen LogP contribution in [0.2, 0.25) is 0 Å². The Labute approximate surface area is 103 Å². The van der Waals surface area contributed by atoms with Crippen molar-refractivity contribution in [2.75, 3.05) is 6.54 Å². The molecule has 1 atom stereocenters. The summed E-state index contributed by atoms with van der Waals surface area (Å²) in [7, 11) is 0. The molecule has 0 bridgehead atoms. The molecule has 0 aliphatic carbocycles. The van der Waals surface area contributed by atoms with Crippen molar-refractivity contribution in [1.82, 2.24) is 5.32 Å². The SMILES string of the molecule is CC(C)(C)NCC(F)c1cccc(Br)c1F. The van der Waals surface area contributed by atoms with Gasteiger partial charge < -0.3 is 5.32 Å². The molecule has 0 heterocycles. The van der Waals surface area contributed by atoms with Crippen LogP contribution in [0.1, 0.15) is 32.5 Å². The maximum absolute atomic E-state index is 13.8. The minimum atomic E-state index is -1.34. The molecule has 1 rings (SSSR count). The maximum atomic E-state index is 13.8. The second-order valence-corrected chi connectivity index (χ2v) is 5.60. The minimum Gasteiger partial charge on any atom is -0.309 e. The molecule has 0 radical (unpaired) electrons. The van der Waals surface area contributed by atoms with Crippen LogP contribution in [0.3, 0.4) is 0 Å². The van der Waals surface area contributed by atoms with E-state index in [-0.39, 0.29) is 17.6 Å². The lowest BCUT2D eigenvalue weighted by molar-refractivity contribution is 0.284. The highest BCUT2D eigenvalue weighted by Gasteiger charge is 2.18. The fraction of sp³-hybridized carbons (Fsp3) is 0.500. The van der Waals surface area contributed by atoms with Gasteiger partial charge in [-0.05, 0) is 42.8 Å². The molecule has 0 saturated carbocycles. The lowest BCUT2D eigenvalue weighted by Gasteiger charge is -2.22. The second-order valence-electron chi connectivity index (χ2n) is 4.74. The van der Waals surface area contributed by atoms with E-state index >= 15 is 0 Å². The Morgan fingerprint density at radius 1 is 1.38 bits per heavy atom. The summed E-state index contributed by atoms with van der Waals surface area (Å²) in [4.78, 5) is 0. The molecule has 1 nitrogen and oxygen atoms in total. The zero-order chi connectivity index (χ0) is 12.3. The minimum absolute atomic E-state index is 0.0890. The molecule has 0 saturated heterocycles. The zero-order valence-corrected chi connectivity index (χ0v) is 11.2. The third-order valence-electron chi connectivity index (χ3n) is 2.13. The van der Waals surface area contributed by atoms with Crippen molar-refractivity contribution >= 4 is 15.9 Å². The standard InChI is InChI=1S/C12H16BrF2N/c1-12(2,3)16-7-10(14)8-5-4-6-9(13)11(8)15/h4-6,10,16H,7H2,1-3H3. The molecule has 1 aromatic rings. The molecule has 0 spiro atoms. The highest BCUT2D eigenvalue weighted by atomic mass is 79.9. The predicted octanol–water partition coefficient (Wildman–Crippen LogP) is 3.99. The van der Waals surface area contributed by atoms with E-state index in [1.54, 1.807) is 12.1 Å². The number of benzene rings is 1. The van der Waals surface area contributed by atoms with Crippen LogP contribution in [-0.2, 0) is 0 Å². The first-order valence-corrected chi connectivity index (χ1v) is 5.93. The van der Waals surface area contributed by atoms with Crippen molar-refractivity contribution in [2.24, 2.45) is 0 Å². The van der Waals surface area contributed by atoms with Gasteiger partial charge in [0.25, 0.3) is 0 Å². The first-order valence-electron chi connectivity index (χ1n) is 5.14. The summed E-state index contributed by atoms with van der Waals surface area (Å²) in [5.74, 6) is -0.522. The van der Waals surface area contributed by atoms with Crippen LogP contribution in [0.4, 0.5) is 8.78 Å². The molecule has 0 aliphatic rings. The molecular weight excluding hydrogens is 276 g/mol. The molecule has 0 aliphatic heterocycles. The molecule has 90 valence electrons. The van der Waals surface area contributed by atoms with Crippen LogP contribution >= 0.6 is 15.9 Å². The first-order chi connectivity index (χ1) is 7.31. The van der Waals surface area contributed by atoms with Crippen molar-refractivity contribution in [3.05, 3.63) is 34.1 Å². The van der Waals surface area contributed by atoms with Crippen LogP contribution in [0.5, 0.6) is 0 Å². The van der Waals surface area contributed by atoms with E-state index < -0.39 is 12.0 Å². The third kappa shape index (κ3) is 3.83. The van der Waals surface area contributed by atoms with Gasteiger partial charge in [0.15, 0.2) is 0 Å². The topological polar surface area (TPSA) is 12.0 Å². The van der Waals surface area contributed by atoms with Crippen molar-refractivity contribution in [2.45, 2.75) is 32.5 Å². The van der Waals surface area contributed by atoms with E-state index in [0.717, 1.165) is 0 Å². The summed E-state index contributed by atoms with van der Waals surface area (Å²) < 4.78 is 27.6.